The molecule has 0 unspecified atom stereocenters. The Kier molecular flexibility index (Phi) is 4.79. The van der Waals surface area contributed by atoms with Gasteiger partial charge in [0, 0.05) is 10.8 Å². The van der Waals surface area contributed by atoms with E-state index in [0.717, 1.165) is 23.5 Å². The van der Waals surface area contributed by atoms with E-state index >= 15 is 0 Å². The lowest BCUT2D eigenvalue weighted by atomic mass is 9.90. The van der Waals surface area contributed by atoms with E-state index in [2.05, 4.69) is 21.2 Å². The second kappa shape index (κ2) is 6.12. The highest BCUT2D eigenvalue weighted by Crippen LogP contribution is 2.37. The maximum atomic E-state index is 4.69. The van der Waals surface area contributed by atoms with Crippen molar-refractivity contribution in [3.8, 4) is 0 Å². The van der Waals surface area contributed by atoms with Gasteiger partial charge >= 0.3 is 0 Å². The Balaban J connectivity index is 2.03. The molecule has 1 heterocycles. The van der Waals surface area contributed by atoms with Crippen LogP contribution in [0.2, 0.25) is 0 Å². The van der Waals surface area contributed by atoms with Crippen molar-refractivity contribution in [2.45, 2.75) is 44.4 Å². The fraction of sp³-hybridized carbons (Fsp3) is 0.750. The standard InChI is InChI=1S/C12H19BrN2S/c1-14-8-7-10-11(13)15-12(16-10)9-5-3-2-4-6-9/h9,14H,2-8H2,1H3. The molecule has 0 saturated heterocycles. The van der Waals surface area contributed by atoms with E-state index in [0.29, 0.717) is 0 Å². The zero-order valence-corrected chi connectivity index (χ0v) is 12.2. The molecule has 1 aliphatic rings. The third-order valence-electron chi connectivity index (χ3n) is 3.22. The van der Waals surface area contributed by atoms with Crippen LogP contribution in [0.4, 0.5) is 0 Å². The molecule has 4 heteroatoms. The van der Waals surface area contributed by atoms with Gasteiger partial charge in [0.1, 0.15) is 4.60 Å². The second-order valence-corrected chi connectivity index (χ2v) is 6.32. The minimum absolute atomic E-state index is 0.735. The van der Waals surface area contributed by atoms with Gasteiger partial charge in [-0.15, -0.1) is 11.3 Å². The van der Waals surface area contributed by atoms with Gasteiger partial charge in [0.15, 0.2) is 0 Å². The molecule has 0 amide bonds. The molecule has 1 saturated carbocycles. The highest BCUT2D eigenvalue weighted by Gasteiger charge is 2.20. The SMILES string of the molecule is CNCCc1sc(C2CCCCC2)nc1Br. The summed E-state index contributed by atoms with van der Waals surface area (Å²) in [6.45, 7) is 1.03. The van der Waals surface area contributed by atoms with E-state index in [9.17, 15) is 0 Å². The van der Waals surface area contributed by atoms with Gasteiger partial charge in [0.25, 0.3) is 0 Å². The van der Waals surface area contributed by atoms with Crippen molar-refractivity contribution in [2.24, 2.45) is 0 Å². The smallest absolute Gasteiger partial charge is 0.120 e. The lowest BCUT2D eigenvalue weighted by Gasteiger charge is -2.18. The van der Waals surface area contributed by atoms with Crippen molar-refractivity contribution < 1.29 is 0 Å². The van der Waals surface area contributed by atoms with Crippen LogP contribution in [-0.4, -0.2) is 18.6 Å². The van der Waals surface area contributed by atoms with Crippen molar-refractivity contribution in [1.82, 2.24) is 10.3 Å². The number of rotatable bonds is 4. The summed E-state index contributed by atoms with van der Waals surface area (Å²) in [6.07, 6.45) is 7.94. The van der Waals surface area contributed by atoms with E-state index < -0.39 is 0 Å². The summed E-state index contributed by atoms with van der Waals surface area (Å²) < 4.78 is 1.08. The predicted octanol–water partition coefficient (Wildman–Crippen LogP) is 3.72. The first-order valence-electron chi connectivity index (χ1n) is 6.11. The number of likely N-dealkylation sites (N-methyl/N-ethyl adjacent to an activating group) is 1. The normalized spacial score (nSPS) is 17.9. The molecule has 0 spiro atoms. The average molecular weight is 303 g/mol. The molecule has 16 heavy (non-hydrogen) atoms. The van der Waals surface area contributed by atoms with Gasteiger partial charge in [-0.3, -0.25) is 0 Å². The van der Waals surface area contributed by atoms with Crippen LogP contribution >= 0.6 is 27.3 Å². The number of nitrogens with one attached hydrogen (secondary N) is 1. The van der Waals surface area contributed by atoms with Gasteiger partial charge in [0.05, 0.1) is 5.01 Å². The fourth-order valence-corrected chi connectivity index (χ4v) is 4.14. The summed E-state index contributed by atoms with van der Waals surface area (Å²) in [4.78, 5) is 6.09. The molecule has 90 valence electrons. The van der Waals surface area contributed by atoms with Gasteiger partial charge in [0.2, 0.25) is 0 Å². The average Bonchev–Trinajstić information content (AvgIpc) is 2.69. The van der Waals surface area contributed by atoms with Gasteiger partial charge in [-0.1, -0.05) is 19.3 Å². The van der Waals surface area contributed by atoms with Crippen LogP contribution in [0, 0.1) is 0 Å². The summed E-state index contributed by atoms with van der Waals surface area (Å²) in [6, 6.07) is 0. The lowest BCUT2D eigenvalue weighted by molar-refractivity contribution is 0.442. The lowest BCUT2D eigenvalue weighted by Crippen LogP contribution is -2.09. The summed E-state index contributed by atoms with van der Waals surface area (Å²) in [7, 11) is 2.00. The Labute approximate surface area is 110 Å². The monoisotopic (exact) mass is 302 g/mol. The van der Waals surface area contributed by atoms with Gasteiger partial charge in [-0.05, 0) is 48.8 Å². The first-order chi connectivity index (χ1) is 7.81. The number of hydrogen-bond donors (Lipinski definition) is 1. The van der Waals surface area contributed by atoms with Crippen LogP contribution in [0.1, 0.15) is 47.9 Å². The first kappa shape index (κ1) is 12.5. The largest absolute Gasteiger partial charge is 0.319 e. The van der Waals surface area contributed by atoms with Crippen molar-refractivity contribution in [2.75, 3.05) is 13.6 Å². The maximum Gasteiger partial charge on any atom is 0.120 e. The Bertz CT molecular complexity index is 332. The molecule has 1 fully saturated rings. The maximum absolute atomic E-state index is 4.69. The molecule has 1 N–H and O–H groups in total. The minimum Gasteiger partial charge on any atom is -0.319 e. The molecule has 0 aliphatic heterocycles. The molecule has 0 aromatic carbocycles. The molecule has 2 rings (SSSR count). The third-order valence-corrected chi connectivity index (χ3v) is 5.42. The summed E-state index contributed by atoms with van der Waals surface area (Å²) in [5.41, 5.74) is 0. The van der Waals surface area contributed by atoms with Crippen molar-refractivity contribution >= 4 is 27.3 Å². The van der Waals surface area contributed by atoms with Crippen molar-refractivity contribution in [1.29, 1.82) is 0 Å². The topological polar surface area (TPSA) is 24.9 Å². The van der Waals surface area contributed by atoms with Gasteiger partial charge in [-0.2, -0.15) is 0 Å². The first-order valence-corrected chi connectivity index (χ1v) is 7.72. The zero-order chi connectivity index (χ0) is 11.4. The van der Waals surface area contributed by atoms with E-state index in [1.165, 1.54) is 42.0 Å². The highest BCUT2D eigenvalue weighted by molar-refractivity contribution is 9.10. The molecule has 0 atom stereocenters. The number of nitrogens with zero attached hydrogens (tertiary/aromatic N) is 1. The molecule has 2 nitrogen and oxygen atoms in total. The third kappa shape index (κ3) is 3.05. The quantitative estimate of drug-likeness (QED) is 0.917. The van der Waals surface area contributed by atoms with Gasteiger partial charge in [-0.25, -0.2) is 4.98 Å². The van der Waals surface area contributed by atoms with Crippen molar-refractivity contribution in [3.05, 3.63) is 14.5 Å². The van der Waals surface area contributed by atoms with E-state index in [-0.39, 0.29) is 0 Å². The number of aromatic nitrogens is 1. The Morgan fingerprint density at radius 2 is 2.12 bits per heavy atom. The summed E-state index contributed by atoms with van der Waals surface area (Å²) in [5.74, 6) is 0.735. The molecule has 0 bridgehead atoms. The Hall–Kier alpha value is 0.0700. The summed E-state index contributed by atoms with van der Waals surface area (Å²) >= 11 is 5.49. The molecular formula is C12H19BrN2S. The zero-order valence-electron chi connectivity index (χ0n) is 9.76. The molecule has 1 aliphatic carbocycles. The van der Waals surface area contributed by atoms with Crippen LogP contribution in [0.15, 0.2) is 4.60 Å². The molecule has 1 aromatic rings. The Morgan fingerprint density at radius 1 is 1.38 bits per heavy atom. The van der Waals surface area contributed by atoms with Crippen LogP contribution < -0.4 is 5.32 Å². The second-order valence-electron chi connectivity index (χ2n) is 4.45. The van der Waals surface area contributed by atoms with Crippen LogP contribution in [0.5, 0.6) is 0 Å². The fourth-order valence-electron chi connectivity index (χ4n) is 2.27. The molecule has 1 aromatic heterocycles. The van der Waals surface area contributed by atoms with Gasteiger partial charge < -0.3 is 5.32 Å². The van der Waals surface area contributed by atoms with Crippen molar-refractivity contribution in [3.63, 3.8) is 0 Å². The number of halogens is 1. The minimum atomic E-state index is 0.735. The number of hydrogen-bond acceptors (Lipinski definition) is 3. The number of thiazole rings is 1. The van der Waals surface area contributed by atoms with E-state index in [4.69, 9.17) is 4.98 Å². The van der Waals surface area contributed by atoms with E-state index in [1.54, 1.807) is 0 Å². The molecular weight excluding hydrogens is 284 g/mol. The molecule has 0 radical (unpaired) electrons. The van der Waals surface area contributed by atoms with E-state index in [1.807, 2.05) is 18.4 Å². The predicted molar refractivity (Wildman–Crippen MR) is 73.3 cm³/mol. The summed E-state index contributed by atoms with van der Waals surface area (Å²) in [5, 5.41) is 4.55. The highest BCUT2D eigenvalue weighted by atomic mass is 79.9. The Morgan fingerprint density at radius 3 is 2.81 bits per heavy atom. The van der Waals surface area contributed by atoms with Crippen LogP contribution in [0.3, 0.4) is 0 Å². The van der Waals surface area contributed by atoms with Crippen LogP contribution in [0.25, 0.3) is 0 Å². The van der Waals surface area contributed by atoms with Crippen LogP contribution in [-0.2, 0) is 6.42 Å².